The van der Waals surface area contributed by atoms with Crippen LogP contribution in [-0.4, -0.2) is 98.2 Å². The van der Waals surface area contributed by atoms with Gasteiger partial charge in [-0.1, -0.05) is 19.9 Å². The molecule has 2 fully saturated rings. The van der Waals surface area contributed by atoms with Crippen LogP contribution < -0.4 is 14.8 Å². The molecular weight excluding hydrogens is 624 g/mol. The van der Waals surface area contributed by atoms with Gasteiger partial charge in [0.05, 0.1) is 50.8 Å². The average Bonchev–Trinajstić information content (AvgIpc) is 3.78. The number of hydrogen-bond acceptors (Lipinski definition) is 12. The van der Waals surface area contributed by atoms with E-state index in [-0.39, 0.29) is 17.6 Å². The van der Waals surface area contributed by atoms with E-state index in [0.29, 0.717) is 54.6 Å². The number of methoxy groups -OCH3 is 1. The Morgan fingerprint density at radius 3 is 2.51 bits per heavy atom. The van der Waals surface area contributed by atoms with Crippen molar-refractivity contribution in [1.29, 1.82) is 5.26 Å². The van der Waals surface area contributed by atoms with Gasteiger partial charge in [-0.3, -0.25) is 9.58 Å². The first-order chi connectivity index (χ1) is 23.8. The van der Waals surface area contributed by atoms with Crippen molar-refractivity contribution in [2.24, 2.45) is 5.41 Å². The van der Waals surface area contributed by atoms with Crippen LogP contribution in [0.3, 0.4) is 0 Å². The van der Waals surface area contributed by atoms with E-state index in [1.807, 2.05) is 29.9 Å². The van der Waals surface area contributed by atoms with Gasteiger partial charge in [0, 0.05) is 49.6 Å². The number of hydrogen-bond donors (Lipinski definition) is 1. The maximum atomic E-state index is 9.69. The lowest BCUT2D eigenvalue weighted by Crippen LogP contribution is -2.45. The van der Waals surface area contributed by atoms with Crippen LogP contribution in [0.1, 0.15) is 58.1 Å². The minimum absolute atomic E-state index is 0.192. The summed E-state index contributed by atoms with van der Waals surface area (Å²) in [7, 11) is 1.70. The van der Waals surface area contributed by atoms with Crippen LogP contribution in [0.25, 0.3) is 11.1 Å². The van der Waals surface area contributed by atoms with E-state index in [1.165, 1.54) is 6.33 Å². The van der Waals surface area contributed by atoms with Crippen LogP contribution in [-0.2, 0) is 16.0 Å². The van der Waals surface area contributed by atoms with E-state index in [1.54, 1.807) is 36.6 Å². The van der Waals surface area contributed by atoms with Gasteiger partial charge in [-0.15, -0.1) is 5.10 Å². The van der Waals surface area contributed by atoms with Crippen molar-refractivity contribution >= 4 is 11.6 Å². The summed E-state index contributed by atoms with van der Waals surface area (Å²) in [6.07, 6.45) is 12.8. The number of morpholine rings is 1. The largest absolute Gasteiger partial charge is 0.487 e. The molecule has 260 valence electrons. The molecule has 0 spiro atoms. The normalized spacial score (nSPS) is 19.2. The lowest BCUT2D eigenvalue weighted by molar-refractivity contribution is 0.00499. The Hall–Kier alpha value is -4.58. The summed E-state index contributed by atoms with van der Waals surface area (Å²) < 4.78 is 27.2. The summed E-state index contributed by atoms with van der Waals surface area (Å²) >= 11 is 0. The van der Waals surface area contributed by atoms with Crippen LogP contribution in [0.2, 0.25) is 0 Å². The van der Waals surface area contributed by atoms with E-state index in [9.17, 15) is 5.26 Å². The smallest absolute Gasteiger partial charge is 0.256 e. The van der Waals surface area contributed by atoms with Crippen molar-refractivity contribution in [1.82, 2.24) is 39.4 Å². The fourth-order valence-electron chi connectivity index (χ4n) is 6.48. The molecule has 14 nitrogen and oxygen atoms in total. The molecular formula is C35H46N10O4. The van der Waals surface area contributed by atoms with E-state index >= 15 is 0 Å². The number of benzene rings is 1. The number of ether oxygens (including phenoxy) is 4. The standard InChI is InChI=1S/C35H46N10O4/c1-25(19-44-24-37-23-40-44)49-32-15-26(5-6-27(32)16-36)28-17-38-34(39-18-28)41-31-20-45(42-33(31)48-22-35(2,3)21-46-4)30-9-7-29(8-10-30)43-11-13-47-14-12-43/h5-6,15,17-18,20,23-25,29-30H,7-14,19,21-22H2,1-4H3,(H,38,39,41)/t25-,29-,30-/m0/s1. The third-order valence-corrected chi connectivity index (χ3v) is 9.01. The summed E-state index contributed by atoms with van der Waals surface area (Å²) in [6.45, 7) is 11.3. The Morgan fingerprint density at radius 2 is 1.82 bits per heavy atom. The van der Waals surface area contributed by atoms with Gasteiger partial charge < -0.3 is 24.3 Å². The number of nitrogens with one attached hydrogen (secondary N) is 1. The van der Waals surface area contributed by atoms with Gasteiger partial charge >= 0.3 is 0 Å². The summed E-state index contributed by atoms with van der Waals surface area (Å²) in [5, 5.41) is 22.1. The second-order valence-corrected chi connectivity index (χ2v) is 13.6. The molecule has 0 bridgehead atoms. The number of anilines is 2. The monoisotopic (exact) mass is 670 g/mol. The van der Waals surface area contributed by atoms with Gasteiger partial charge in [0.2, 0.25) is 5.95 Å². The van der Waals surface area contributed by atoms with Gasteiger partial charge in [0.25, 0.3) is 5.88 Å². The Labute approximate surface area is 287 Å². The highest BCUT2D eigenvalue weighted by atomic mass is 16.5. The lowest BCUT2D eigenvalue weighted by atomic mass is 9.90. The predicted octanol–water partition coefficient (Wildman–Crippen LogP) is 4.88. The second kappa shape index (κ2) is 15.8. The average molecular weight is 671 g/mol. The van der Waals surface area contributed by atoms with Gasteiger partial charge in [-0.05, 0) is 50.3 Å². The lowest BCUT2D eigenvalue weighted by Gasteiger charge is -2.38. The van der Waals surface area contributed by atoms with Crippen LogP contribution in [0.5, 0.6) is 11.6 Å². The molecule has 0 radical (unpaired) electrons. The summed E-state index contributed by atoms with van der Waals surface area (Å²) in [6, 6.07) is 8.56. The second-order valence-electron chi connectivity index (χ2n) is 13.6. The van der Waals surface area contributed by atoms with E-state index in [0.717, 1.165) is 63.1 Å². The molecule has 1 saturated heterocycles. The number of aromatic nitrogens is 7. The number of rotatable bonds is 14. The molecule has 1 aliphatic heterocycles. The van der Waals surface area contributed by atoms with Crippen LogP contribution in [0, 0.1) is 16.7 Å². The van der Waals surface area contributed by atoms with Gasteiger partial charge in [-0.25, -0.2) is 19.6 Å². The van der Waals surface area contributed by atoms with Crippen molar-refractivity contribution < 1.29 is 18.9 Å². The van der Waals surface area contributed by atoms with Crippen LogP contribution in [0.4, 0.5) is 11.6 Å². The minimum Gasteiger partial charge on any atom is -0.487 e. The number of nitrogens with zero attached hydrogens (tertiary/aromatic N) is 9. The topological polar surface area (TPSA) is 150 Å². The zero-order valence-electron chi connectivity index (χ0n) is 28.8. The summed E-state index contributed by atoms with van der Waals surface area (Å²) in [4.78, 5) is 15.8. The highest BCUT2D eigenvalue weighted by molar-refractivity contribution is 5.67. The Balaban J connectivity index is 1.16. The fraction of sp³-hybridized carbons (Fsp3) is 0.543. The molecule has 0 unspecified atom stereocenters. The molecule has 4 aromatic rings. The van der Waals surface area contributed by atoms with Crippen molar-refractivity contribution in [3.05, 3.63) is 55.0 Å². The van der Waals surface area contributed by atoms with Crippen LogP contribution >= 0.6 is 0 Å². The highest BCUT2D eigenvalue weighted by Crippen LogP contribution is 2.35. The molecule has 1 atom stereocenters. The molecule has 2 aliphatic rings. The number of nitriles is 1. The first-order valence-electron chi connectivity index (χ1n) is 17.0. The molecule has 1 saturated carbocycles. The molecule has 3 aromatic heterocycles. The van der Waals surface area contributed by atoms with Crippen molar-refractivity contribution in [3.8, 4) is 28.8 Å². The highest BCUT2D eigenvalue weighted by Gasteiger charge is 2.29. The summed E-state index contributed by atoms with van der Waals surface area (Å²) in [5.41, 5.74) is 2.59. The molecule has 14 heteroatoms. The maximum Gasteiger partial charge on any atom is 0.256 e. The Morgan fingerprint density at radius 1 is 1.06 bits per heavy atom. The van der Waals surface area contributed by atoms with Crippen molar-refractivity contribution in [2.45, 2.75) is 71.2 Å². The molecule has 6 rings (SSSR count). The molecule has 1 aromatic carbocycles. The van der Waals surface area contributed by atoms with Crippen molar-refractivity contribution in [3.63, 3.8) is 0 Å². The molecule has 4 heterocycles. The van der Waals surface area contributed by atoms with Gasteiger partial charge in [0.15, 0.2) is 0 Å². The van der Waals surface area contributed by atoms with E-state index < -0.39 is 0 Å². The third-order valence-electron chi connectivity index (χ3n) is 9.01. The van der Waals surface area contributed by atoms with Gasteiger partial charge in [0.1, 0.15) is 36.3 Å². The van der Waals surface area contributed by atoms with E-state index in [2.05, 4.69) is 50.2 Å². The van der Waals surface area contributed by atoms with Crippen LogP contribution in [0.15, 0.2) is 49.4 Å². The maximum absolute atomic E-state index is 9.69. The van der Waals surface area contributed by atoms with E-state index in [4.69, 9.17) is 24.0 Å². The fourth-order valence-corrected chi connectivity index (χ4v) is 6.48. The predicted molar refractivity (Wildman–Crippen MR) is 183 cm³/mol. The Bertz CT molecular complexity index is 1670. The third kappa shape index (κ3) is 8.91. The first kappa shape index (κ1) is 34.3. The van der Waals surface area contributed by atoms with Crippen molar-refractivity contribution in [2.75, 3.05) is 51.9 Å². The molecule has 49 heavy (non-hydrogen) atoms. The first-order valence-corrected chi connectivity index (χ1v) is 17.0. The minimum atomic E-state index is -0.232. The molecule has 0 amide bonds. The van der Waals surface area contributed by atoms with Gasteiger partial charge in [-0.2, -0.15) is 10.4 Å². The zero-order chi connectivity index (χ0) is 34.2. The molecule has 1 aliphatic carbocycles. The molecule has 1 N–H and O–H groups in total. The SMILES string of the molecule is COCC(C)(C)COc1nn([C@H]2CC[C@H](N3CCOCC3)CC2)cc1Nc1ncc(-c2ccc(C#N)c(O[C@@H](C)Cn3cncn3)c2)cn1. The summed E-state index contributed by atoms with van der Waals surface area (Å²) in [5.74, 6) is 1.42. The zero-order valence-corrected chi connectivity index (χ0v) is 28.8. The Kier molecular flexibility index (Phi) is 11.0. The quantitative estimate of drug-likeness (QED) is 0.195.